The summed E-state index contributed by atoms with van der Waals surface area (Å²) in [6.07, 6.45) is 1.61. The van der Waals surface area contributed by atoms with Crippen molar-refractivity contribution in [2.75, 3.05) is 5.75 Å². The van der Waals surface area contributed by atoms with Crippen molar-refractivity contribution in [3.05, 3.63) is 29.8 Å². The minimum atomic E-state index is -0.926. The lowest BCUT2D eigenvalue weighted by atomic mass is 10.2. The van der Waals surface area contributed by atoms with E-state index in [1.807, 2.05) is 6.92 Å². The molecule has 1 heterocycles. The number of rotatable bonds is 5. The highest BCUT2D eigenvalue weighted by atomic mass is 32.2. The maximum atomic E-state index is 13.3. The summed E-state index contributed by atoms with van der Waals surface area (Å²) in [5, 5.41) is 9.82. The summed E-state index contributed by atoms with van der Waals surface area (Å²) in [5.41, 5.74) is 0.646. The van der Waals surface area contributed by atoms with Gasteiger partial charge in [-0.25, -0.2) is 14.4 Å². The van der Waals surface area contributed by atoms with Crippen molar-refractivity contribution >= 4 is 28.6 Å². The lowest BCUT2D eigenvalue weighted by Crippen LogP contribution is -2.02. The Morgan fingerprint density at radius 2 is 2.21 bits per heavy atom. The van der Waals surface area contributed by atoms with Crippen molar-refractivity contribution in [2.24, 2.45) is 0 Å². The summed E-state index contributed by atoms with van der Waals surface area (Å²) >= 11 is 1.09. The number of carboxylic acids is 1. The zero-order valence-electron chi connectivity index (χ0n) is 10.4. The number of thioether (sulfide) groups is 1. The summed E-state index contributed by atoms with van der Waals surface area (Å²) < 4.78 is 13.3. The molecule has 0 saturated carbocycles. The van der Waals surface area contributed by atoms with Gasteiger partial charge in [0.15, 0.2) is 0 Å². The Morgan fingerprint density at radius 3 is 2.89 bits per heavy atom. The number of fused-ring (bicyclic) bond motifs is 1. The second kappa shape index (κ2) is 5.97. The van der Waals surface area contributed by atoms with Crippen LogP contribution in [0.15, 0.2) is 23.2 Å². The second-order valence-electron chi connectivity index (χ2n) is 4.04. The molecule has 2 rings (SSSR count). The monoisotopic (exact) mass is 280 g/mol. The predicted molar refractivity (Wildman–Crippen MR) is 71.9 cm³/mol. The fourth-order valence-corrected chi connectivity index (χ4v) is 2.44. The molecule has 4 nitrogen and oxygen atoms in total. The Morgan fingerprint density at radius 1 is 1.42 bits per heavy atom. The van der Waals surface area contributed by atoms with Crippen LogP contribution >= 0.6 is 11.8 Å². The topological polar surface area (TPSA) is 63.1 Å². The van der Waals surface area contributed by atoms with E-state index in [0.717, 1.165) is 18.2 Å². The minimum absolute atomic E-state index is 0.103. The number of benzene rings is 1. The summed E-state index contributed by atoms with van der Waals surface area (Å²) in [4.78, 5) is 19.3. The van der Waals surface area contributed by atoms with E-state index in [2.05, 4.69) is 9.97 Å². The quantitative estimate of drug-likeness (QED) is 0.674. The van der Waals surface area contributed by atoms with Crippen LogP contribution in [0.2, 0.25) is 0 Å². The van der Waals surface area contributed by atoms with Gasteiger partial charge in [-0.1, -0.05) is 18.7 Å². The summed E-state index contributed by atoms with van der Waals surface area (Å²) in [7, 11) is 0. The van der Waals surface area contributed by atoms with Gasteiger partial charge >= 0.3 is 5.97 Å². The average molecular weight is 280 g/mol. The van der Waals surface area contributed by atoms with E-state index in [9.17, 15) is 9.18 Å². The van der Waals surface area contributed by atoms with E-state index in [0.29, 0.717) is 28.2 Å². The summed E-state index contributed by atoms with van der Waals surface area (Å²) in [5.74, 6) is -0.745. The number of aliphatic carboxylic acids is 1. The lowest BCUT2D eigenvalue weighted by Gasteiger charge is -2.07. The van der Waals surface area contributed by atoms with E-state index >= 15 is 0 Å². The van der Waals surface area contributed by atoms with Crippen molar-refractivity contribution < 1.29 is 14.3 Å². The molecule has 0 bridgehead atoms. The number of halogens is 1. The largest absolute Gasteiger partial charge is 0.481 e. The van der Waals surface area contributed by atoms with Crippen LogP contribution in [0, 0.1) is 5.82 Å². The molecular weight excluding hydrogens is 267 g/mol. The minimum Gasteiger partial charge on any atom is -0.481 e. The van der Waals surface area contributed by atoms with Crippen molar-refractivity contribution in [3.63, 3.8) is 0 Å². The third kappa shape index (κ3) is 3.41. The van der Waals surface area contributed by atoms with Gasteiger partial charge in [-0.05, 0) is 24.6 Å². The van der Waals surface area contributed by atoms with Gasteiger partial charge in [0, 0.05) is 11.8 Å². The standard InChI is InChI=1S/C13H13FN2O2S/c1-2-3-11-15-10-5-4-8(14)6-9(10)13(16-11)19-7-12(17)18/h4-6H,2-3,7H2,1H3,(H,17,18). The summed E-state index contributed by atoms with van der Waals surface area (Å²) in [6, 6.07) is 4.28. The van der Waals surface area contributed by atoms with Gasteiger partial charge in [0.25, 0.3) is 0 Å². The van der Waals surface area contributed by atoms with Gasteiger partial charge in [0.2, 0.25) is 0 Å². The molecule has 0 aliphatic carbocycles. The number of aryl methyl sites for hydroxylation is 1. The fraction of sp³-hybridized carbons (Fsp3) is 0.308. The molecule has 0 amide bonds. The van der Waals surface area contributed by atoms with Crippen LogP contribution in [0.25, 0.3) is 10.9 Å². The molecule has 100 valence electrons. The number of carbonyl (C=O) groups is 1. The second-order valence-corrected chi connectivity index (χ2v) is 5.00. The molecule has 2 aromatic rings. The molecule has 0 fully saturated rings. The third-order valence-electron chi connectivity index (χ3n) is 2.48. The normalized spacial score (nSPS) is 10.8. The molecule has 0 atom stereocenters. The van der Waals surface area contributed by atoms with Crippen LogP contribution in [0.4, 0.5) is 4.39 Å². The number of hydrogen-bond acceptors (Lipinski definition) is 4. The molecular formula is C13H13FN2O2S. The fourth-order valence-electron chi connectivity index (χ4n) is 1.69. The van der Waals surface area contributed by atoms with Crippen molar-refractivity contribution in [1.82, 2.24) is 9.97 Å². The van der Waals surface area contributed by atoms with E-state index in [4.69, 9.17) is 5.11 Å². The molecule has 6 heteroatoms. The van der Waals surface area contributed by atoms with Gasteiger partial charge in [0.1, 0.15) is 16.7 Å². The first-order valence-electron chi connectivity index (χ1n) is 5.91. The van der Waals surface area contributed by atoms with E-state index in [-0.39, 0.29) is 11.6 Å². The van der Waals surface area contributed by atoms with Gasteiger partial charge in [-0.15, -0.1) is 0 Å². The van der Waals surface area contributed by atoms with Crippen molar-refractivity contribution in [3.8, 4) is 0 Å². The van der Waals surface area contributed by atoms with Crippen LogP contribution in [0.1, 0.15) is 19.2 Å². The third-order valence-corrected chi connectivity index (χ3v) is 3.45. The molecule has 0 saturated heterocycles. The Balaban J connectivity index is 2.48. The highest BCUT2D eigenvalue weighted by Crippen LogP contribution is 2.26. The van der Waals surface area contributed by atoms with Gasteiger partial charge < -0.3 is 5.11 Å². The number of aromatic nitrogens is 2. The number of carboxylic acid groups (broad SMARTS) is 1. The van der Waals surface area contributed by atoms with Crippen LogP contribution in [0.5, 0.6) is 0 Å². The maximum Gasteiger partial charge on any atom is 0.313 e. The molecule has 19 heavy (non-hydrogen) atoms. The zero-order chi connectivity index (χ0) is 13.8. The zero-order valence-corrected chi connectivity index (χ0v) is 11.2. The smallest absolute Gasteiger partial charge is 0.313 e. The van der Waals surface area contributed by atoms with E-state index in [1.54, 1.807) is 6.07 Å². The molecule has 0 spiro atoms. The number of hydrogen-bond donors (Lipinski definition) is 1. The van der Waals surface area contributed by atoms with E-state index in [1.165, 1.54) is 12.1 Å². The lowest BCUT2D eigenvalue weighted by molar-refractivity contribution is -0.133. The highest BCUT2D eigenvalue weighted by Gasteiger charge is 2.10. The van der Waals surface area contributed by atoms with Crippen molar-refractivity contribution in [2.45, 2.75) is 24.8 Å². The molecule has 0 aliphatic rings. The Kier molecular flexibility index (Phi) is 4.31. The van der Waals surface area contributed by atoms with Crippen LogP contribution < -0.4 is 0 Å². The Hall–Kier alpha value is -1.69. The summed E-state index contributed by atoms with van der Waals surface area (Å²) in [6.45, 7) is 2.02. The maximum absolute atomic E-state index is 13.3. The first kappa shape index (κ1) is 13.7. The molecule has 0 aliphatic heterocycles. The highest BCUT2D eigenvalue weighted by molar-refractivity contribution is 8.00. The van der Waals surface area contributed by atoms with Gasteiger partial charge in [-0.2, -0.15) is 0 Å². The molecule has 1 N–H and O–H groups in total. The van der Waals surface area contributed by atoms with E-state index < -0.39 is 5.97 Å². The van der Waals surface area contributed by atoms with Crippen molar-refractivity contribution in [1.29, 1.82) is 0 Å². The Bertz CT molecular complexity index is 619. The van der Waals surface area contributed by atoms with Crippen LogP contribution in [-0.2, 0) is 11.2 Å². The SMILES string of the molecule is CCCc1nc(SCC(=O)O)c2cc(F)ccc2n1. The van der Waals surface area contributed by atoms with Gasteiger partial charge in [-0.3, -0.25) is 4.79 Å². The van der Waals surface area contributed by atoms with Crippen LogP contribution in [0.3, 0.4) is 0 Å². The first-order chi connectivity index (χ1) is 9.10. The van der Waals surface area contributed by atoms with Gasteiger partial charge in [0.05, 0.1) is 11.3 Å². The number of nitrogens with zero attached hydrogens (tertiary/aromatic N) is 2. The molecule has 1 aromatic carbocycles. The molecule has 0 radical (unpaired) electrons. The first-order valence-corrected chi connectivity index (χ1v) is 6.89. The average Bonchev–Trinajstić information content (AvgIpc) is 2.37. The van der Waals surface area contributed by atoms with Crippen LogP contribution in [-0.4, -0.2) is 26.8 Å². The Labute approximate surface area is 114 Å². The molecule has 1 aromatic heterocycles. The molecule has 0 unspecified atom stereocenters. The predicted octanol–water partition coefficient (Wildman–Crippen LogP) is 2.90.